The molecule has 1 saturated heterocycles. The number of benzene rings is 1. The molecule has 0 bridgehead atoms. The summed E-state index contributed by atoms with van der Waals surface area (Å²) >= 11 is 6.55. The number of hydrogen-bond donors (Lipinski definition) is 1. The molecule has 3 aliphatic carbocycles. The third kappa shape index (κ3) is 4.57. The van der Waals surface area contributed by atoms with Gasteiger partial charge in [-0.3, -0.25) is 14.4 Å². The number of allylic oxidation sites excluding steroid dienone is 2. The van der Waals surface area contributed by atoms with E-state index < -0.39 is 23.5 Å². The predicted octanol–water partition coefficient (Wildman–Crippen LogP) is 4.80. The Morgan fingerprint density at radius 3 is 2.52 bits per heavy atom. The van der Waals surface area contributed by atoms with Crippen LogP contribution in [-0.2, 0) is 32.8 Å². The van der Waals surface area contributed by atoms with Gasteiger partial charge in [-0.1, -0.05) is 29.8 Å². The van der Waals surface area contributed by atoms with Crippen LogP contribution in [0.3, 0.4) is 0 Å². The number of carboxylic acids is 1. The molecule has 2 atom stereocenters. The molecule has 8 nitrogen and oxygen atoms in total. The lowest BCUT2D eigenvalue weighted by Crippen LogP contribution is -2.56. The molecule has 1 aromatic carbocycles. The van der Waals surface area contributed by atoms with Crippen molar-refractivity contribution in [3.05, 3.63) is 57.4 Å². The summed E-state index contributed by atoms with van der Waals surface area (Å²) in [5.74, 6) is -2.01. The zero-order valence-electron chi connectivity index (χ0n) is 22.5. The highest BCUT2D eigenvalue weighted by Gasteiger charge is 2.43. The second-order valence-corrected chi connectivity index (χ2v) is 12.0. The molecule has 40 heavy (non-hydrogen) atoms. The summed E-state index contributed by atoms with van der Waals surface area (Å²) in [4.78, 5) is 40.8. The maximum atomic E-state index is 15.7. The lowest BCUT2D eigenvalue weighted by Gasteiger charge is -2.40. The van der Waals surface area contributed by atoms with Crippen molar-refractivity contribution < 1.29 is 28.6 Å². The molecule has 1 saturated carbocycles. The molecule has 1 N–H and O–H groups in total. The maximum absolute atomic E-state index is 15.7. The highest BCUT2D eigenvalue weighted by molar-refractivity contribution is 6.34. The van der Waals surface area contributed by atoms with Crippen LogP contribution in [0.5, 0.6) is 0 Å². The topological polar surface area (TPSA) is 102 Å². The lowest BCUT2D eigenvalue weighted by molar-refractivity contribution is -0.147. The Labute approximate surface area is 237 Å². The number of carbonyl (C=O) groups is 3. The van der Waals surface area contributed by atoms with Gasteiger partial charge >= 0.3 is 5.97 Å². The van der Waals surface area contributed by atoms with E-state index in [0.717, 1.165) is 17.6 Å². The molecule has 10 heteroatoms. The molecule has 1 aliphatic heterocycles. The number of likely N-dealkylation sites (tertiary alicyclic amines) is 1. The minimum atomic E-state index is -1.60. The Balaban J connectivity index is 1.39. The molecular weight excluding hydrogens is 537 g/mol. The van der Waals surface area contributed by atoms with Crippen molar-refractivity contribution in [2.45, 2.75) is 69.6 Å². The van der Waals surface area contributed by atoms with Crippen LogP contribution in [0.2, 0.25) is 5.02 Å². The minimum Gasteiger partial charge on any atom is -0.481 e. The van der Waals surface area contributed by atoms with Crippen molar-refractivity contribution in [2.24, 2.45) is 11.8 Å². The fraction of sp³-hybridized carbons (Fsp3) is 0.533. The number of halogens is 2. The molecule has 212 valence electrons. The van der Waals surface area contributed by atoms with Crippen LogP contribution >= 0.6 is 11.6 Å². The predicted molar refractivity (Wildman–Crippen MR) is 146 cm³/mol. The number of methoxy groups -OCH3 is 1. The van der Waals surface area contributed by atoms with Gasteiger partial charge in [0.15, 0.2) is 0 Å². The zero-order chi connectivity index (χ0) is 28.2. The minimum absolute atomic E-state index is 0.0393. The fourth-order valence-corrected chi connectivity index (χ4v) is 6.78. The van der Waals surface area contributed by atoms with Gasteiger partial charge in [0.1, 0.15) is 5.67 Å². The van der Waals surface area contributed by atoms with E-state index in [1.165, 1.54) is 4.68 Å². The van der Waals surface area contributed by atoms with Gasteiger partial charge < -0.3 is 14.7 Å². The largest absolute Gasteiger partial charge is 0.481 e. The molecule has 2 fully saturated rings. The van der Waals surface area contributed by atoms with E-state index in [1.807, 2.05) is 6.08 Å². The second-order valence-electron chi connectivity index (χ2n) is 11.6. The first-order valence-electron chi connectivity index (χ1n) is 14.1. The van der Waals surface area contributed by atoms with E-state index in [0.29, 0.717) is 75.8 Å². The number of aliphatic carboxylic acids is 1. The summed E-state index contributed by atoms with van der Waals surface area (Å²) in [5, 5.41) is 14.4. The van der Waals surface area contributed by atoms with Gasteiger partial charge in [0.05, 0.1) is 34.0 Å². The summed E-state index contributed by atoms with van der Waals surface area (Å²) in [6.45, 7) is 1.11. The van der Waals surface area contributed by atoms with E-state index in [-0.39, 0.29) is 34.1 Å². The molecule has 2 heterocycles. The number of carboxylic acid groups (broad SMARTS) is 1. The smallest absolute Gasteiger partial charge is 0.306 e. The van der Waals surface area contributed by atoms with Crippen LogP contribution in [0.15, 0.2) is 24.3 Å². The third-order valence-electron chi connectivity index (χ3n) is 9.23. The number of ether oxygens (including phenoxy) is 1. The van der Waals surface area contributed by atoms with Crippen molar-refractivity contribution in [3.63, 3.8) is 0 Å². The average molecular weight is 570 g/mol. The molecule has 0 spiro atoms. The summed E-state index contributed by atoms with van der Waals surface area (Å²) in [7, 11) is 1.64. The van der Waals surface area contributed by atoms with Crippen LogP contribution in [0, 0.1) is 11.8 Å². The van der Waals surface area contributed by atoms with E-state index in [9.17, 15) is 19.5 Å². The first-order valence-corrected chi connectivity index (χ1v) is 14.4. The quantitative estimate of drug-likeness (QED) is 0.536. The molecule has 2 aromatic rings. The molecule has 1 aromatic heterocycles. The van der Waals surface area contributed by atoms with Crippen LogP contribution in [0.4, 0.5) is 4.39 Å². The summed E-state index contributed by atoms with van der Waals surface area (Å²) in [6.07, 6.45) is 6.34. The van der Waals surface area contributed by atoms with Gasteiger partial charge in [-0.05, 0) is 63.0 Å². The average Bonchev–Trinajstić information content (AvgIpc) is 3.29. The SMILES string of the molecule is COC1CN(C(=O)C2CCc3c(C4=CCC(C(=O)O)CC4)nn(C(=O)c4c(Cl)cccc4C4(F)CCC4)c3C2)C1. The first kappa shape index (κ1) is 27.1. The Morgan fingerprint density at radius 1 is 1.15 bits per heavy atom. The standard InChI is InChI=1S/C30H33ClFN3O5/c1-40-20-15-34(16-20)27(36)19-10-11-21-24(14-19)35(33-26(21)17-6-8-18(9-7-17)29(38)39)28(37)25-22(4-2-5-23(25)31)30(32)12-3-13-30/h2,4-6,18-20H,3,7-16H2,1H3,(H,38,39). The van der Waals surface area contributed by atoms with Crippen LogP contribution in [0.1, 0.15) is 77.8 Å². The van der Waals surface area contributed by atoms with Crippen LogP contribution < -0.4 is 0 Å². The molecule has 0 radical (unpaired) electrons. The Kier molecular flexibility index (Phi) is 7.07. The van der Waals surface area contributed by atoms with Crippen LogP contribution in [0.25, 0.3) is 5.57 Å². The van der Waals surface area contributed by atoms with Crippen molar-refractivity contribution in [1.82, 2.24) is 14.7 Å². The molecule has 4 aliphatic rings. The highest BCUT2D eigenvalue weighted by Crippen LogP contribution is 2.47. The number of nitrogens with zero attached hydrogens (tertiary/aromatic N) is 3. The monoisotopic (exact) mass is 569 g/mol. The normalized spacial score (nSPS) is 24.0. The number of aromatic nitrogens is 2. The van der Waals surface area contributed by atoms with E-state index in [1.54, 1.807) is 30.2 Å². The summed E-state index contributed by atoms with van der Waals surface area (Å²) < 4.78 is 22.4. The molecule has 2 unspecified atom stereocenters. The Bertz CT molecular complexity index is 1410. The zero-order valence-corrected chi connectivity index (χ0v) is 23.3. The number of rotatable bonds is 6. The van der Waals surface area contributed by atoms with E-state index in [4.69, 9.17) is 21.4 Å². The maximum Gasteiger partial charge on any atom is 0.306 e. The highest BCUT2D eigenvalue weighted by atomic mass is 35.5. The molecule has 6 rings (SSSR count). The second kappa shape index (κ2) is 10.4. The third-order valence-corrected chi connectivity index (χ3v) is 9.54. The van der Waals surface area contributed by atoms with Crippen molar-refractivity contribution in [2.75, 3.05) is 20.2 Å². The first-order chi connectivity index (χ1) is 19.2. The number of alkyl halides is 1. The van der Waals surface area contributed by atoms with Gasteiger partial charge in [0.2, 0.25) is 5.91 Å². The van der Waals surface area contributed by atoms with Gasteiger partial charge in [-0.2, -0.15) is 9.78 Å². The van der Waals surface area contributed by atoms with Crippen molar-refractivity contribution in [3.8, 4) is 0 Å². The molecule has 1 amide bonds. The summed E-state index contributed by atoms with van der Waals surface area (Å²) in [6, 6.07) is 4.89. The van der Waals surface area contributed by atoms with Gasteiger partial charge in [0, 0.05) is 43.7 Å². The van der Waals surface area contributed by atoms with E-state index >= 15 is 4.39 Å². The van der Waals surface area contributed by atoms with Gasteiger partial charge in [-0.25, -0.2) is 4.39 Å². The van der Waals surface area contributed by atoms with Crippen molar-refractivity contribution in [1.29, 1.82) is 0 Å². The Hall–Kier alpha value is -3.04. The van der Waals surface area contributed by atoms with Crippen molar-refractivity contribution >= 4 is 35.0 Å². The fourth-order valence-electron chi connectivity index (χ4n) is 6.52. The molecular formula is C30H33ClFN3O5. The number of carbonyl (C=O) groups excluding carboxylic acids is 2. The van der Waals surface area contributed by atoms with Crippen LogP contribution in [-0.4, -0.2) is 63.9 Å². The summed E-state index contributed by atoms with van der Waals surface area (Å²) in [5.41, 5.74) is 1.95. The number of amides is 1. The van der Waals surface area contributed by atoms with Gasteiger partial charge in [-0.15, -0.1) is 0 Å². The number of hydrogen-bond acceptors (Lipinski definition) is 5. The van der Waals surface area contributed by atoms with E-state index in [2.05, 4.69) is 0 Å². The number of fused-ring (bicyclic) bond motifs is 1. The lowest BCUT2D eigenvalue weighted by atomic mass is 9.75. The van der Waals surface area contributed by atoms with Gasteiger partial charge in [0.25, 0.3) is 5.91 Å². The Morgan fingerprint density at radius 2 is 1.90 bits per heavy atom.